The van der Waals surface area contributed by atoms with E-state index in [1.54, 1.807) is 0 Å². The summed E-state index contributed by atoms with van der Waals surface area (Å²) in [6.45, 7) is 5.21. The van der Waals surface area contributed by atoms with Crippen molar-refractivity contribution in [2.24, 2.45) is 0 Å². The van der Waals surface area contributed by atoms with E-state index in [1.807, 2.05) is 0 Å². The number of fused-ring (bicyclic) bond motifs is 2. The topological polar surface area (TPSA) is 24.1 Å². The van der Waals surface area contributed by atoms with Gasteiger partial charge in [-0.15, -0.1) is 0 Å². The molecule has 0 radical (unpaired) electrons. The van der Waals surface area contributed by atoms with Crippen LogP contribution < -0.4 is 10.6 Å². The zero-order valence-corrected chi connectivity index (χ0v) is 14.9. The molecule has 25 heavy (non-hydrogen) atoms. The molecule has 0 saturated heterocycles. The van der Waals surface area contributed by atoms with Crippen molar-refractivity contribution in [1.29, 1.82) is 0 Å². The number of hydrogen-bond acceptors (Lipinski definition) is 2. The summed E-state index contributed by atoms with van der Waals surface area (Å²) in [7, 11) is 0. The van der Waals surface area contributed by atoms with Crippen LogP contribution >= 0.6 is 0 Å². The third-order valence-corrected chi connectivity index (χ3v) is 5.04. The predicted octanol–water partition coefficient (Wildman–Crippen LogP) is 5.16. The van der Waals surface area contributed by atoms with Gasteiger partial charge in [-0.1, -0.05) is 48.0 Å². The van der Waals surface area contributed by atoms with Gasteiger partial charge in [-0.2, -0.15) is 0 Å². The lowest BCUT2D eigenvalue weighted by molar-refractivity contribution is 0.771. The Balaban J connectivity index is 1.49. The van der Waals surface area contributed by atoms with Crippen molar-refractivity contribution < 1.29 is 0 Å². The molecule has 0 saturated carbocycles. The largest absolute Gasteiger partial charge is 0.384 e. The Morgan fingerprint density at radius 1 is 1.04 bits per heavy atom. The fourth-order valence-corrected chi connectivity index (χ4v) is 3.53. The van der Waals surface area contributed by atoms with Crippen molar-refractivity contribution in [1.82, 2.24) is 5.32 Å². The minimum atomic E-state index is 0.877. The molecule has 2 aromatic rings. The maximum atomic E-state index is 3.62. The van der Waals surface area contributed by atoms with E-state index in [4.69, 9.17) is 0 Å². The van der Waals surface area contributed by atoms with Crippen LogP contribution in [-0.2, 0) is 13.0 Å². The van der Waals surface area contributed by atoms with Crippen LogP contribution in [0.4, 0.5) is 5.69 Å². The standard InChI is InChI=1S/C23H24N2/c1-16-7-8-20(17(2)13-16)15-24-21-11-12-23-19(14-21)10-9-18-5-3-4-6-22(18)25-23/h3-8,10-13,24-25H,9,14-15H2,1-2H3. The number of rotatable bonds is 3. The van der Waals surface area contributed by atoms with Crippen LogP contribution in [0.15, 0.2) is 77.7 Å². The van der Waals surface area contributed by atoms with Gasteiger partial charge in [0, 0.05) is 30.0 Å². The number of nitrogens with one attached hydrogen (secondary N) is 2. The summed E-state index contributed by atoms with van der Waals surface area (Å²) >= 11 is 0. The Labute approximate surface area is 150 Å². The summed E-state index contributed by atoms with van der Waals surface area (Å²) in [6.07, 6.45) is 8.70. The zero-order chi connectivity index (χ0) is 17.2. The van der Waals surface area contributed by atoms with Crippen molar-refractivity contribution in [2.75, 3.05) is 5.32 Å². The van der Waals surface area contributed by atoms with Gasteiger partial charge in [0.25, 0.3) is 0 Å². The van der Waals surface area contributed by atoms with Crippen LogP contribution in [0.1, 0.15) is 28.7 Å². The SMILES string of the molecule is Cc1ccc(CNC2=CC=C3Nc4ccccc4CC=C3C2)c(C)c1. The molecule has 1 aliphatic heterocycles. The molecule has 1 aliphatic carbocycles. The van der Waals surface area contributed by atoms with E-state index in [2.05, 4.69) is 85.2 Å². The Hall–Kier alpha value is -2.74. The number of hydrogen-bond donors (Lipinski definition) is 2. The molecular formula is C23H24N2. The van der Waals surface area contributed by atoms with Crippen molar-refractivity contribution in [3.63, 3.8) is 0 Å². The fourth-order valence-electron chi connectivity index (χ4n) is 3.53. The lowest BCUT2D eigenvalue weighted by Crippen LogP contribution is -2.17. The zero-order valence-electron chi connectivity index (χ0n) is 14.9. The van der Waals surface area contributed by atoms with Gasteiger partial charge < -0.3 is 10.6 Å². The van der Waals surface area contributed by atoms with Crippen molar-refractivity contribution in [2.45, 2.75) is 33.2 Å². The van der Waals surface area contributed by atoms with Crippen LogP contribution in [-0.4, -0.2) is 0 Å². The lowest BCUT2D eigenvalue weighted by Gasteiger charge is -2.20. The van der Waals surface area contributed by atoms with E-state index in [1.165, 1.54) is 44.9 Å². The number of aryl methyl sites for hydroxylation is 2. The molecule has 126 valence electrons. The number of allylic oxidation sites excluding steroid dienone is 5. The van der Waals surface area contributed by atoms with Crippen molar-refractivity contribution in [3.8, 4) is 0 Å². The van der Waals surface area contributed by atoms with Crippen LogP contribution in [0.25, 0.3) is 0 Å². The molecule has 1 heterocycles. The van der Waals surface area contributed by atoms with Crippen LogP contribution in [0, 0.1) is 13.8 Å². The predicted molar refractivity (Wildman–Crippen MR) is 105 cm³/mol. The second-order valence-corrected chi connectivity index (χ2v) is 6.95. The Bertz CT molecular complexity index is 900. The summed E-state index contributed by atoms with van der Waals surface area (Å²) in [4.78, 5) is 0. The van der Waals surface area contributed by atoms with Gasteiger partial charge in [0.2, 0.25) is 0 Å². The molecule has 2 N–H and O–H groups in total. The molecule has 2 heteroatoms. The van der Waals surface area contributed by atoms with Gasteiger partial charge >= 0.3 is 0 Å². The highest BCUT2D eigenvalue weighted by molar-refractivity contribution is 5.63. The summed E-state index contributed by atoms with van der Waals surface area (Å²) in [5, 5.41) is 7.21. The van der Waals surface area contributed by atoms with Crippen molar-refractivity contribution >= 4 is 5.69 Å². The second kappa shape index (κ2) is 6.64. The maximum Gasteiger partial charge on any atom is 0.0420 e. The lowest BCUT2D eigenvalue weighted by atomic mass is 9.99. The Morgan fingerprint density at radius 2 is 1.92 bits per heavy atom. The quantitative estimate of drug-likeness (QED) is 0.813. The van der Waals surface area contributed by atoms with E-state index in [-0.39, 0.29) is 0 Å². The second-order valence-electron chi connectivity index (χ2n) is 6.95. The van der Waals surface area contributed by atoms with Gasteiger partial charge in [-0.05, 0) is 60.8 Å². The highest BCUT2D eigenvalue weighted by atomic mass is 14.9. The normalized spacial score (nSPS) is 15.7. The van der Waals surface area contributed by atoms with Gasteiger partial charge in [0.15, 0.2) is 0 Å². The molecule has 0 amide bonds. The minimum absolute atomic E-state index is 0.877. The molecule has 0 unspecified atom stereocenters. The van der Waals surface area contributed by atoms with Gasteiger partial charge in [-0.25, -0.2) is 0 Å². The summed E-state index contributed by atoms with van der Waals surface area (Å²) in [5.41, 5.74) is 10.5. The number of anilines is 1. The van der Waals surface area contributed by atoms with E-state index < -0.39 is 0 Å². The van der Waals surface area contributed by atoms with E-state index in [0.29, 0.717) is 0 Å². The fraction of sp³-hybridized carbons (Fsp3) is 0.217. The average molecular weight is 328 g/mol. The number of benzene rings is 2. The molecular weight excluding hydrogens is 304 g/mol. The molecule has 2 aliphatic rings. The Kier molecular flexibility index (Phi) is 4.19. The highest BCUT2D eigenvalue weighted by Gasteiger charge is 2.16. The molecule has 0 aromatic heterocycles. The summed E-state index contributed by atoms with van der Waals surface area (Å²) in [6, 6.07) is 15.2. The van der Waals surface area contributed by atoms with Crippen LogP contribution in [0.2, 0.25) is 0 Å². The van der Waals surface area contributed by atoms with Gasteiger partial charge in [-0.3, -0.25) is 0 Å². The molecule has 4 rings (SSSR count). The van der Waals surface area contributed by atoms with E-state index in [0.717, 1.165) is 19.4 Å². The molecule has 2 nitrogen and oxygen atoms in total. The summed E-state index contributed by atoms with van der Waals surface area (Å²) in [5.74, 6) is 0. The first kappa shape index (κ1) is 15.8. The molecule has 0 bridgehead atoms. The van der Waals surface area contributed by atoms with Crippen molar-refractivity contribution in [3.05, 3.63) is 99.9 Å². The first-order valence-electron chi connectivity index (χ1n) is 8.94. The third-order valence-electron chi connectivity index (χ3n) is 5.04. The minimum Gasteiger partial charge on any atom is -0.384 e. The molecule has 0 spiro atoms. The first-order chi connectivity index (χ1) is 12.2. The van der Waals surface area contributed by atoms with Crippen LogP contribution in [0.5, 0.6) is 0 Å². The maximum absolute atomic E-state index is 3.62. The van der Waals surface area contributed by atoms with E-state index >= 15 is 0 Å². The first-order valence-corrected chi connectivity index (χ1v) is 8.94. The van der Waals surface area contributed by atoms with E-state index in [9.17, 15) is 0 Å². The molecule has 0 fully saturated rings. The number of para-hydroxylation sites is 1. The van der Waals surface area contributed by atoms with Crippen LogP contribution in [0.3, 0.4) is 0 Å². The smallest absolute Gasteiger partial charge is 0.0420 e. The Morgan fingerprint density at radius 3 is 2.80 bits per heavy atom. The van der Waals surface area contributed by atoms with Gasteiger partial charge in [0.05, 0.1) is 0 Å². The molecule has 2 aromatic carbocycles. The van der Waals surface area contributed by atoms with Gasteiger partial charge in [0.1, 0.15) is 0 Å². The average Bonchev–Trinajstić information content (AvgIpc) is 2.80. The monoisotopic (exact) mass is 328 g/mol. The summed E-state index contributed by atoms with van der Waals surface area (Å²) < 4.78 is 0. The highest BCUT2D eigenvalue weighted by Crippen LogP contribution is 2.30. The third kappa shape index (κ3) is 3.39. The molecule has 0 atom stereocenters.